The Morgan fingerprint density at radius 2 is 1.28 bits per heavy atom. The molecule has 2 N–H and O–H groups in total. The highest BCUT2D eigenvalue weighted by atomic mass is 79.9. The first-order valence-electron chi connectivity index (χ1n) is 9.27. The van der Waals surface area contributed by atoms with E-state index in [9.17, 15) is 0 Å². The number of aryl methyl sites for hydroxylation is 2. The highest BCUT2D eigenvalue weighted by Gasteiger charge is 2.13. The third kappa shape index (κ3) is 4.05. The zero-order valence-corrected chi connectivity index (χ0v) is 16.4. The maximum Gasteiger partial charge on any atom is 0.00772 e. The van der Waals surface area contributed by atoms with Crippen LogP contribution in [0.25, 0.3) is 21.5 Å². The van der Waals surface area contributed by atoms with E-state index in [1.54, 1.807) is 11.1 Å². The molecule has 25 heavy (non-hydrogen) atoms. The Morgan fingerprint density at radius 1 is 0.600 bits per heavy atom. The molecule has 1 heterocycles. The van der Waals surface area contributed by atoms with Crippen molar-refractivity contribution >= 4 is 38.5 Å². The van der Waals surface area contributed by atoms with Gasteiger partial charge in [0.15, 0.2) is 0 Å². The molecule has 1 aliphatic heterocycles. The lowest BCUT2D eigenvalue weighted by atomic mass is 9.86. The minimum absolute atomic E-state index is 0. The van der Waals surface area contributed by atoms with Gasteiger partial charge in [0, 0.05) is 26.2 Å². The van der Waals surface area contributed by atoms with Crippen LogP contribution in [-0.4, -0.2) is 26.2 Å². The Labute approximate surface area is 160 Å². The number of piperazine rings is 1. The molecule has 3 heteroatoms. The smallest absolute Gasteiger partial charge is 0.00772 e. The summed E-state index contributed by atoms with van der Waals surface area (Å²) in [7, 11) is 0. The van der Waals surface area contributed by atoms with E-state index in [1.807, 2.05) is 0 Å². The van der Waals surface area contributed by atoms with Gasteiger partial charge in [-0.3, -0.25) is 0 Å². The molecule has 0 bridgehead atoms. The average molecular weight is 399 g/mol. The van der Waals surface area contributed by atoms with Crippen molar-refractivity contribution < 1.29 is 0 Å². The molecular weight excluding hydrogens is 372 g/mol. The molecule has 0 aromatic heterocycles. The lowest BCUT2D eigenvalue weighted by Gasteiger charge is -2.18. The average Bonchev–Trinajstić information content (AvgIpc) is 2.69. The van der Waals surface area contributed by atoms with E-state index in [0.717, 1.165) is 26.2 Å². The maximum atomic E-state index is 3.22. The van der Waals surface area contributed by atoms with E-state index in [4.69, 9.17) is 0 Å². The first kappa shape index (κ1) is 18.4. The van der Waals surface area contributed by atoms with Gasteiger partial charge in [-0.25, -0.2) is 0 Å². The van der Waals surface area contributed by atoms with Crippen LogP contribution in [0.1, 0.15) is 24.0 Å². The summed E-state index contributed by atoms with van der Waals surface area (Å²) < 4.78 is 0. The van der Waals surface area contributed by atoms with Gasteiger partial charge in [0.05, 0.1) is 0 Å². The Bertz CT molecular complexity index is 828. The van der Waals surface area contributed by atoms with Crippen molar-refractivity contribution in [3.8, 4) is 0 Å². The van der Waals surface area contributed by atoms with Crippen molar-refractivity contribution in [2.45, 2.75) is 25.7 Å². The second kappa shape index (κ2) is 8.79. The summed E-state index contributed by atoms with van der Waals surface area (Å²) in [6.45, 7) is 4.56. The molecule has 0 saturated carbocycles. The minimum atomic E-state index is 0. The molecular formula is C22H27BrN2. The van der Waals surface area contributed by atoms with Crippen LogP contribution in [0.5, 0.6) is 0 Å². The molecule has 2 aliphatic rings. The molecule has 1 saturated heterocycles. The summed E-state index contributed by atoms with van der Waals surface area (Å²) in [5, 5.41) is 12.1. The fourth-order valence-electron chi connectivity index (χ4n) is 3.95. The fourth-order valence-corrected chi connectivity index (χ4v) is 3.95. The lowest BCUT2D eigenvalue weighted by molar-refractivity contribution is 0.534. The molecule has 3 aromatic carbocycles. The standard InChI is InChI=1S/C18H16.C4H10N2.BrH/c1-3-7-15-13(5-1)9-11-18-16-8-4-2-6-14(16)10-12-17(15)18;1-2-6-4-3-5-1;/h1,3,5,7,9-12H,2,4,6,8H2;5-6H,1-4H2;1H. The fraction of sp³-hybridized carbons (Fsp3) is 0.364. The summed E-state index contributed by atoms with van der Waals surface area (Å²) in [4.78, 5) is 0. The van der Waals surface area contributed by atoms with Crippen molar-refractivity contribution in [1.82, 2.24) is 10.6 Å². The largest absolute Gasteiger partial charge is 0.314 e. The molecule has 0 radical (unpaired) electrons. The molecule has 0 atom stereocenters. The molecule has 0 spiro atoms. The number of rotatable bonds is 0. The van der Waals surface area contributed by atoms with Gasteiger partial charge >= 0.3 is 0 Å². The van der Waals surface area contributed by atoms with Gasteiger partial charge < -0.3 is 10.6 Å². The number of hydrogen-bond acceptors (Lipinski definition) is 2. The van der Waals surface area contributed by atoms with Crippen LogP contribution in [0.2, 0.25) is 0 Å². The predicted molar refractivity (Wildman–Crippen MR) is 114 cm³/mol. The van der Waals surface area contributed by atoms with Crippen LogP contribution in [0.3, 0.4) is 0 Å². The summed E-state index contributed by atoms with van der Waals surface area (Å²) in [5.74, 6) is 0. The third-order valence-electron chi connectivity index (χ3n) is 5.21. The SMILES string of the molecule is Br.C1CNCCN1.c1ccc2c(c1)ccc1c3c(ccc12)CCCC3. The quantitative estimate of drug-likeness (QED) is 0.539. The first-order valence-corrected chi connectivity index (χ1v) is 9.27. The molecule has 0 amide bonds. The Kier molecular flexibility index (Phi) is 6.46. The Morgan fingerprint density at radius 3 is 2.04 bits per heavy atom. The second-order valence-electron chi connectivity index (χ2n) is 6.79. The molecule has 2 nitrogen and oxygen atoms in total. The number of fused-ring (bicyclic) bond motifs is 5. The summed E-state index contributed by atoms with van der Waals surface area (Å²) in [6, 6.07) is 18.0. The van der Waals surface area contributed by atoms with E-state index in [2.05, 4.69) is 59.2 Å². The van der Waals surface area contributed by atoms with Crippen LogP contribution in [0.15, 0.2) is 48.5 Å². The van der Waals surface area contributed by atoms with Crippen molar-refractivity contribution in [3.63, 3.8) is 0 Å². The number of halogens is 1. The Balaban J connectivity index is 0.000000224. The number of nitrogens with one attached hydrogen (secondary N) is 2. The zero-order chi connectivity index (χ0) is 16.2. The van der Waals surface area contributed by atoms with E-state index in [-0.39, 0.29) is 17.0 Å². The van der Waals surface area contributed by atoms with Crippen LogP contribution < -0.4 is 10.6 Å². The third-order valence-corrected chi connectivity index (χ3v) is 5.21. The summed E-state index contributed by atoms with van der Waals surface area (Å²) >= 11 is 0. The second-order valence-corrected chi connectivity index (χ2v) is 6.79. The predicted octanol–water partition coefficient (Wildman–Crippen LogP) is 4.63. The van der Waals surface area contributed by atoms with Crippen molar-refractivity contribution in [2.75, 3.05) is 26.2 Å². The number of hydrogen-bond donors (Lipinski definition) is 2. The molecule has 0 unspecified atom stereocenters. The van der Waals surface area contributed by atoms with E-state index in [0.29, 0.717) is 0 Å². The van der Waals surface area contributed by atoms with Crippen LogP contribution in [0.4, 0.5) is 0 Å². The van der Waals surface area contributed by atoms with Crippen LogP contribution >= 0.6 is 17.0 Å². The highest BCUT2D eigenvalue weighted by Crippen LogP contribution is 2.33. The van der Waals surface area contributed by atoms with Crippen molar-refractivity contribution in [2.24, 2.45) is 0 Å². The van der Waals surface area contributed by atoms with Gasteiger partial charge in [0.25, 0.3) is 0 Å². The Hall–Kier alpha value is -1.42. The van der Waals surface area contributed by atoms with Gasteiger partial charge in [0.1, 0.15) is 0 Å². The van der Waals surface area contributed by atoms with Gasteiger partial charge in [-0.05, 0) is 58.4 Å². The lowest BCUT2D eigenvalue weighted by Crippen LogP contribution is -2.39. The minimum Gasteiger partial charge on any atom is -0.314 e. The topological polar surface area (TPSA) is 24.1 Å². The van der Waals surface area contributed by atoms with Gasteiger partial charge in [-0.1, -0.05) is 48.5 Å². The van der Waals surface area contributed by atoms with E-state index < -0.39 is 0 Å². The monoisotopic (exact) mass is 398 g/mol. The van der Waals surface area contributed by atoms with Gasteiger partial charge in [0.2, 0.25) is 0 Å². The van der Waals surface area contributed by atoms with Crippen LogP contribution in [0, 0.1) is 0 Å². The normalized spacial score (nSPS) is 16.5. The van der Waals surface area contributed by atoms with Crippen molar-refractivity contribution in [3.05, 3.63) is 59.7 Å². The number of benzene rings is 3. The molecule has 1 fully saturated rings. The first-order chi connectivity index (χ1) is 11.9. The molecule has 5 rings (SSSR count). The highest BCUT2D eigenvalue weighted by molar-refractivity contribution is 8.93. The van der Waals surface area contributed by atoms with E-state index >= 15 is 0 Å². The summed E-state index contributed by atoms with van der Waals surface area (Å²) in [5.41, 5.74) is 3.17. The van der Waals surface area contributed by atoms with E-state index in [1.165, 1.54) is 47.2 Å². The van der Waals surface area contributed by atoms with Crippen molar-refractivity contribution in [1.29, 1.82) is 0 Å². The van der Waals surface area contributed by atoms with Gasteiger partial charge in [-0.2, -0.15) is 0 Å². The van der Waals surface area contributed by atoms with Crippen LogP contribution in [-0.2, 0) is 12.8 Å². The molecule has 3 aromatic rings. The van der Waals surface area contributed by atoms with Gasteiger partial charge in [-0.15, -0.1) is 17.0 Å². The molecule has 132 valence electrons. The molecule has 1 aliphatic carbocycles. The zero-order valence-electron chi connectivity index (χ0n) is 14.7. The summed E-state index contributed by atoms with van der Waals surface area (Å²) in [6.07, 6.45) is 5.22. The maximum absolute atomic E-state index is 3.22.